The van der Waals surface area contributed by atoms with Gasteiger partial charge in [-0.05, 0) is 30.0 Å². The number of aryl methyl sites for hydroxylation is 2. The lowest BCUT2D eigenvalue weighted by atomic mass is 9.92. The van der Waals surface area contributed by atoms with Gasteiger partial charge in [0.2, 0.25) is 11.5 Å². The summed E-state index contributed by atoms with van der Waals surface area (Å²) < 4.78 is 9.03. The van der Waals surface area contributed by atoms with Gasteiger partial charge in [0, 0.05) is 30.3 Å². The van der Waals surface area contributed by atoms with Crippen LogP contribution in [0, 0.1) is 0 Å². The van der Waals surface area contributed by atoms with Gasteiger partial charge in [-0.1, -0.05) is 58.0 Å². The monoisotopic (exact) mass is 465 g/mol. The number of nitrogens with zero attached hydrogens (tertiary/aromatic N) is 5. The summed E-state index contributed by atoms with van der Waals surface area (Å²) >= 11 is 0. The normalized spacial score (nSPS) is 11.8. The fraction of sp³-hybridized carbons (Fsp3) is 0.300. The largest absolute Gasteiger partial charge is 0.359 e. The molecule has 3 aromatic heterocycles. The van der Waals surface area contributed by atoms with Crippen molar-refractivity contribution in [1.29, 1.82) is 0 Å². The lowest BCUT2D eigenvalue weighted by Crippen LogP contribution is -2.40. The van der Waals surface area contributed by atoms with E-state index in [9.17, 15) is 0 Å². The molecule has 0 N–H and O–H groups in total. The van der Waals surface area contributed by atoms with Gasteiger partial charge in [-0.2, -0.15) is 9.13 Å². The standard InChI is InChI=1S/C30H35N5/c1-20(2)22-12-10-13-23(21(3)4)28(22)35-19-18-32(5)30(35)27-17-11-16-26(33(27)6)29-31-24-14-8-9-15-25(24)34(29)7/h8-21H,1-7H3/q+2. The van der Waals surface area contributed by atoms with Crippen molar-refractivity contribution in [3.05, 3.63) is 84.2 Å². The summed E-state index contributed by atoms with van der Waals surface area (Å²) in [7, 11) is 6.35. The van der Waals surface area contributed by atoms with Crippen LogP contribution in [0.5, 0.6) is 0 Å². The van der Waals surface area contributed by atoms with Crippen LogP contribution < -0.4 is 9.13 Å². The number of hydrogen-bond acceptors (Lipinski definition) is 1. The Balaban J connectivity index is 1.76. The van der Waals surface area contributed by atoms with Gasteiger partial charge < -0.3 is 4.57 Å². The second-order valence-corrected chi connectivity index (χ2v) is 10.0. The molecule has 2 aromatic carbocycles. The van der Waals surface area contributed by atoms with Crippen LogP contribution in [0.3, 0.4) is 0 Å². The van der Waals surface area contributed by atoms with E-state index in [1.807, 2.05) is 6.07 Å². The second-order valence-electron chi connectivity index (χ2n) is 10.0. The highest BCUT2D eigenvalue weighted by Crippen LogP contribution is 2.33. The number of rotatable bonds is 5. The van der Waals surface area contributed by atoms with E-state index in [0.717, 1.165) is 34.1 Å². The SMILES string of the molecule is CC(C)c1cccc(C(C)C)c1-n1cc[n+](C)c1-c1cccc(-c2nc3ccccc3n2C)[n+]1C. The van der Waals surface area contributed by atoms with E-state index in [1.165, 1.54) is 16.8 Å². The van der Waals surface area contributed by atoms with Crippen LogP contribution in [0.25, 0.3) is 39.8 Å². The van der Waals surface area contributed by atoms with E-state index in [-0.39, 0.29) is 0 Å². The Kier molecular flexibility index (Phi) is 5.79. The third-order valence-electron chi connectivity index (χ3n) is 7.06. The second kappa shape index (κ2) is 8.81. The zero-order chi connectivity index (χ0) is 24.9. The fourth-order valence-electron chi connectivity index (χ4n) is 5.16. The number of hydrogen-bond donors (Lipinski definition) is 0. The number of fused-ring (bicyclic) bond motifs is 1. The fourth-order valence-corrected chi connectivity index (χ4v) is 5.16. The molecular formula is C30H35N5+2. The Morgan fingerprint density at radius 1 is 0.771 bits per heavy atom. The minimum Gasteiger partial charge on any atom is -0.322 e. The molecule has 0 unspecified atom stereocenters. The van der Waals surface area contributed by atoms with Gasteiger partial charge in [0.25, 0.3) is 5.69 Å². The molecule has 0 fully saturated rings. The maximum atomic E-state index is 4.97. The first-order valence-electron chi connectivity index (χ1n) is 12.4. The lowest BCUT2D eigenvalue weighted by Gasteiger charge is -2.17. The van der Waals surface area contributed by atoms with Crippen LogP contribution in [0.4, 0.5) is 0 Å². The van der Waals surface area contributed by atoms with Crippen molar-refractivity contribution in [1.82, 2.24) is 14.1 Å². The van der Waals surface area contributed by atoms with E-state index in [4.69, 9.17) is 4.98 Å². The first-order chi connectivity index (χ1) is 16.8. The minimum atomic E-state index is 0.421. The van der Waals surface area contributed by atoms with Gasteiger partial charge in [-0.15, -0.1) is 0 Å². The van der Waals surface area contributed by atoms with E-state index < -0.39 is 0 Å². The third-order valence-corrected chi connectivity index (χ3v) is 7.06. The molecule has 0 spiro atoms. The van der Waals surface area contributed by atoms with E-state index >= 15 is 0 Å². The van der Waals surface area contributed by atoms with Gasteiger partial charge in [0.15, 0.2) is 0 Å². The predicted octanol–water partition coefficient (Wildman–Crippen LogP) is 5.59. The number of para-hydroxylation sites is 3. The summed E-state index contributed by atoms with van der Waals surface area (Å²) in [5.41, 5.74) is 8.38. The van der Waals surface area contributed by atoms with Crippen molar-refractivity contribution < 1.29 is 9.13 Å². The molecule has 5 aromatic rings. The smallest absolute Gasteiger partial charge is 0.322 e. The molecule has 0 aliphatic carbocycles. The molecule has 0 atom stereocenters. The molecule has 5 rings (SSSR count). The van der Waals surface area contributed by atoms with Crippen molar-refractivity contribution in [3.8, 4) is 28.7 Å². The van der Waals surface area contributed by atoms with Gasteiger partial charge >= 0.3 is 5.82 Å². The average molecular weight is 466 g/mol. The molecule has 0 radical (unpaired) electrons. The zero-order valence-corrected chi connectivity index (χ0v) is 21.8. The summed E-state index contributed by atoms with van der Waals surface area (Å²) in [5.74, 6) is 2.94. The van der Waals surface area contributed by atoms with Crippen LogP contribution in [0.2, 0.25) is 0 Å². The summed E-state index contributed by atoms with van der Waals surface area (Å²) in [6.07, 6.45) is 4.35. The zero-order valence-electron chi connectivity index (χ0n) is 21.8. The van der Waals surface area contributed by atoms with Crippen LogP contribution in [0.15, 0.2) is 73.1 Å². The van der Waals surface area contributed by atoms with Crippen LogP contribution in [-0.2, 0) is 21.1 Å². The minimum absolute atomic E-state index is 0.421. The van der Waals surface area contributed by atoms with Gasteiger partial charge in [0.1, 0.15) is 25.1 Å². The lowest BCUT2D eigenvalue weighted by molar-refractivity contribution is -0.685. The van der Waals surface area contributed by atoms with Crippen molar-refractivity contribution in [2.45, 2.75) is 39.5 Å². The van der Waals surface area contributed by atoms with E-state index in [0.29, 0.717) is 11.8 Å². The maximum absolute atomic E-state index is 4.97. The van der Waals surface area contributed by atoms with Gasteiger partial charge in [0.05, 0.1) is 18.1 Å². The Hall–Kier alpha value is -3.73. The summed E-state index contributed by atoms with van der Waals surface area (Å²) in [4.78, 5) is 4.97. The Morgan fingerprint density at radius 3 is 2.06 bits per heavy atom. The Labute approximate surface area is 207 Å². The van der Waals surface area contributed by atoms with Gasteiger partial charge in [-0.25, -0.2) is 9.55 Å². The molecule has 35 heavy (non-hydrogen) atoms. The van der Waals surface area contributed by atoms with Crippen molar-refractivity contribution in [3.63, 3.8) is 0 Å². The number of pyridine rings is 1. The topological polar surface area (TPSA) is 30.5 Å². The third kappa shape index (κ3) is 3.75. The average Bonchev–Trinajstić information content (AvgIpc) is 3.38. The molecule has 0 amide bonds. The quantitative estimate of drug-likeness (QED) is 0.311. The molecule has 0 saturated carbocycles. The molecule has 0 aliphatic rings. The molecule has 0 saturated heterocycles. The van der Waals surface area contributed by atoms with Crippen molar-refractivity contribution in [2.75, 3.05) is 0 Å². The first kappa shape index (κ1) is 23.0. The van der Waals surface area contributed by atoms with Gasteiger partial charge in [-0.3, -0.25) is 0 Å². The Bertz CT molecular complexity index is 1510. The highest BCUT2D eigenvalue weighted by atomic mass is 15.2. The highest BCUT2D eigenvalue weighted by Gasteiger charge is 2.32. The first-order valence-corrected chi connectivity index (χ1v) is 12.4. The molecule has 5 nitrogen and oxygen atoms in total. The molecular weight excluding hydrogens is 430 g/mol. The van der Waals surface area contributed by atoms with Crippen LogP contribution in [0.1, 0.15) is 50.7 Å². The molecule has 3 heterocycles. The summed E-state index contributed by atoms with van der Waals surface area (Å²) in [6, 6.07) is 21.5. The highest BCUT2D eigenvalue weighted by molar-refractivity contribution is 5.79. The van der Waals surface area contributed by atoms with Crippen LogP contribution >= 0.6 is 0 Å². The number of aromatic nitrogens is 5. The Morgan fingerprint density at radius 2 is 1.40 bits per heavy atom. The molecule has 5 heteroatoms. The molecule has 0 bridgehead atoms. The maximum Gasteiger partial charge on any atom is 0.359 e. The van der Waals surface area contributed by atoms with Crippen LogP contribution in [-0.4, -0.2) is 14.1 Å². The number of imidazole rings is 2. The molecule has 178 valence electrons. The summed E-state index contributed by atoms with van der Waals surface area (Å²) in [5, 5.41) is 0. The van der Waals surface area contributed by atoms with E-state index in [2.05, 4.69) is 134 Å². The van der Waals surface area contributed by atoms with Crippen molar-refractivity contribution in [2.24, 2.45) is 21.1 Å². The van der Waals surface area contributed by atoms with E-state index in [1.54, 1.807) is 0 Å². The number of benzene rings is 2. The van der Waals surface area contributed by atoms with Crippen molar-refractivity contribution >= 4 is 11.0 Å². The molecule has 0 aliphatic heterocycles. The summed E-state index contributed by atoms with van der Waals surface area (Å²) in [6.45, 7) is 9.11. The predicted molar refractivity (Wildman–Crippen MR) is 141 cm³/mol.